The maximum absolute atomic E-state index is 11.6. The molecule has 0 saturated carbocycles. The first kappa shape index (κ1) is 16.4. The Bertz CT molecular complexity index is 261. The summed E-state index contributed by atoms with van der Waals surface area (Å²) in [4.78, 5) is 14.0. The van der Waals surface area contributed by atoms with E-state index in [1.807, 2.05) is 6.92 Å². The Morgan fingerprint density at radius 2 is 2.21 bits per heavy atom. The highest BCUT2D eigenvalue weighted by molar-refractivity contribution is 5.69. The molecule has 0 aromatic carbocycles. The van der Waals surface area contributed by atoms with Crippen LogP contribution in [0.15, 0.2) is 0 Å². The molecule has 2 N–H and O–H groups in total. The van der Waals surface area contributed by atoms with E-state index < -0.39 is 0 Å². The van der Waals surface area contributed by atoms with Crippen LogP contribution in [0.25, 0.3) is 0 Å². The molecule has 0 aliphatic carbocycles. The van der Waals surface area contributed by atoms with Crippen LogP contribution >= 0.6 is 0 Å². The van der Waals surface area contributed by atoms with Gasteiger partial charge in [-0.2, -0.15) is 0 Å². The van der Waals surface area contributed by atoms with Gasteiger partial charge in [-0.1, -0.05) is 6.92 Å². The molecule has 112 valence electrons. The summed E-state index contributed by atoms with van der Waals surface area (Å²) in [6.07, 6.45) is 2.31. The van der Waals surface area contributed by atoms with Crippen molar-refractivity contribution in [2.75, 3.05) is 39.4 Å². The first-order valence-electron chi connectivity index (χ1n) is 7.41. The van der Waals surface area contributed by atoms with Crippen LogP contribution in [0, 0.1) is 5.92 Å². The van der Waals surface area contributed by atoms with Gasteiger partial charge in [-0.25, -0.2) is 0 Å². The smallest absolute Gasteiger partial charge is 0.306 e. The average molecular weight is 272 g/mol. The quantitative estimate of drug-likeness (QED) is 0.501. The molecule has 0 amide bonds. The molecular formula is C14H28N2O3. The Labute approximate surface area is 116 Å². The lowest BCUT2D eigenvalue weighted by atomic mass is 9.91. The highest BCUT2D eigenvalue weighted by Gasteiger charge is 2.27. The number of nitrogens with one attached hydrogen (secondary N) is 1. The van der Waals surface area contributed by atoms with Gasteiger partial charge in [-0.15, -0.1) is 0 Å². The Balaban J connectivity index is 2.40. The summed E-state index contributed by atoms with van der Waals surface area (Å²) in [6.45, 7) is 8.54. The number of ether oxygens (including phenoxy) is 1. The van der Waals surface area contributed by atoms with Crippen molar-refractivity contribution in [1.82, 2.24) is 10.2 Å². The summed E-state index contributed by atoms with van der Waals surface area (Å²) in [5.41, 5.74) is 0. The van der Waals surface area contributed by atoms with Gasteiger partial charge in [0.1, 0.15) is 0 Å². The summed E-state index contributed by atoms with van der Waals surface area (Å²) in [5.74, 6) is 0.291. The molecule has 0 bridgehead atoms. The fourth-order valence-corrected chi connectivity index (χ4v) is 2.70. The van der Waals surface area contributed by atoms with E-state index in [9.17, 15) is 4.79 Å². The third-order valence-corrected chi connectivity index (χ3v) is 3.59. The van der Waals surface area contributed by atoms with Crippen molar-refractivity contribution in [2.24, 2.45) is 5.92 Å². The van der Waals surface area contributed by atoms with E-state index >= 15 is 0 Å². The first-order chi connectivity index (χ1) is 9.19. The Morgan fingerprint density at radius 3 is 2.84 bits per heavy atom. The minimum Gasteiger partial charge on any atom is -0.466 e. The number of rotatable bonds is 8. The van der Waals surface area contributed by atoms with Crippen LogP contribution < -0.4 is 5.32 Å². The van der Waals surface area contributed by atoms with E-state index in [1.54, 1.807) is 0 Å². The van der Waals surface area contributed by atoms with Gasteiger partial charge >= 0.3 is 5.97 Å². The lowest BCUT2D eigenvalue weighted by Gasteiger charge is -2.37. The number of nitrogens with zero attached hydrogens (tertiary/aromatic N) is 1. The number of carbonyl (C=O) groups is 1. The standard InChI is InChI=1S/C14H28N2O3/c1-3-16-10-12(9-14(18)19-4-2)8-13(11-16)15-6-5-7-17/h12-13,15,17H,3-11H2,1-2H3. The molecule has 1 saturated heterocycles. The SMILES string of the molecule is CCOC(=O)CC1CC(NCCCO)CN(CC)C1. The Hall–Kier alpha value is -0.650. The molecule has 1 heterocycles. The molecule has 0 aromatic rings. The van der Waals surface area contributed by atoms with Crippen LogP contribution in [-0.2, 0) is 9.53 Å². The number of esters is 1. The van der Waals surface area contributed by atoms with E-state index in [2.05, 4.69) is 17.1 Å². The summed E-state index contributed by atoms with van der Waals surface area (Å²) < 4.78 is 5.04. The molecule has 1 aliphatic rings. The van der Waals surface area contributed by atoms with E-state index in [0.29, 0.717) is 25.0 Å². The molecule has 5 nitrogen and oxygen atoms in total. The molecule has 1 aliphatic heterocycles. The van der Waals surface area contributed by atoms with E-state index in [-0.39, 0.29) is 12.6 Å². The van der Waals surface area contributed by atoms with Crippen LogP contribution in [0.1, 0.15) is 33.1 Å². The van der Waals surface area contributed by atoms with Crippen molar-refractivity contribution < 1.29 is 14.6 Å². The van der Waals surface area contributed by atoms with Crippen molar-refractivity contribution in [3.8, 4) is 0 Å². The second-order valence-corrected chi connectivity index (χ2v) is 5.19. The fraction of sp³-hybridized carbons (Fsp3) is 0.929. The number of likely N-dealkylation sites (N-methyl/N-ethyl adjacent to an activating group) is 1. The molecule has 2 atom stereocenters. The van der Waals surface area contributed by atoms with Crippen molar-refractivity contribution in [1.29, 1.82) is 0 Å². The van der Waals surface area contributed by atoms with Gasteiger partial charge < -0.3 is 20.1 Å². The molecule has 1 fully saturated rings. The first-order valence-corrected chi connectivity index (χ1v) is 7.41. The van der Waals surface area contributed by atoms with Crippen molar-refractivity contribution in [3.63, 3.8) is 0 Å². The molecule has 0 aromatic heterocycles. The molecular weight excluding hydrogens is 244 g/mol. The van der Waals surface area contributed by atoms with Gasteiger partial charge in [0.25, 0.3) is 0 Å². The molecule has 2 unspecified atom stereocenters. The Kier molecular flexibility index (Phi) is 8.02. The summed E-state index contributed by atoms with van der Waals surface area (Å²) in [7, 11) is 0. The zero-order valence-electron chi connectivity index (χ0n) is 12.2. The maximum Gasteiger partial charge on any atom is 0.306 e. The van der Waals surface area contributed by atoms with Gasteiger partial charge in [0.2, 0.25) is 0 Å². The monoisotopic (exact) mass is 272 g/mol. The maximum atomic E-state index is 11.6. The summed E-state index contributed by atoms with van der Waals surface area (Å²) in [6, 6.07) is 0.416. The van der Waals surface area contributed by atoms with Crippen LogP contribution in [0.4, 0.5) is 0 Å². The summed E-state index contributed by atoms with van der Waals surface area (Å²) >= 11 is 0. The number of aliphatic hydroxyl groups excluding tert-OH is 1. The molecule has 5 heteroatoms. The van der Waals surface area contributed by atoms with Crippen LogP contribution in [0.2, 0.25) is 0 Å². The summed E-state index contributed by atoms with van der Waals surface area (Å²) in [5, 5.41) is 12.3. The minimum atomic E-state index is -0.0837. The average Bonchev–Trinajstić information content (AvgIpc) is 2.39. The van der Waals surface area contributed by atoms with Gasteiger partial charge in [0.05, 0.1) is 6.61 Å². The van der Waals surface area contributed by atoms with E-state index in [4.69, 9.17) is 9.84 Å². The van der Waals surface area contributed by atoms with Crippen molar-refractivity contribution in [3.05, 3.63) is 0 Å². The predicted octanol–water partition coefficient (Wildman–Crippen LogP) is 0.622. The zero-order valence-corrected chi connectivity index (χ0v) is 12.2. The number of aliphatic hydroxyl groups is 1. The topological polar surface area (TPSA) is 61.8 Å². The lowest BCUT2D eigenvalue weighted by molar-refractivity contribution is -0.144. The van der Waals surface area contributed by atoms with Crippen LogP contribution in [0.5, 0.6) is 0 Å². The third-order valence-electron chi connectivity index (χ3n) is 3.59. The molecule has 19 heavy (non-hydrogen) atoms. The minimum absolute atomic E-state index is 0.0837. The number of piperidine rings is 1. The second kappa shape index (κ2) is 9.28. The van der Waals surface area contributed by atoms with Gasteiger partial charge in [0, 0.05) is 32.2 Å². The van der Waals surface area contributed by atoms with Gasteiger partial charge in [-0.05, 0) is 38.8 Å². The van der Waals surface area contributed by atoms with E-state index in [0.717, 1.165) is 39.0 Å². The van der Waals surface area contributed by atoms with Crippen LogP contribution in [-0.4, -0.2) is 61.4 Å². The Morgan fingerprint density at radius 1 is 1.42 bits per heavy atom. The van der Waals surface area contributed by atoms with Crippen LogP contribution in [0.3, 0.4) is 0 Å². The van der Waals surface area contributed by atoms with E-state index in [1.165, 1.54) is 0 Å². The normalized spacial score (nSPS) is 24.4. The molecule has 0 spiro atoms. The molecule has 0 radical (unpaired) electrons. The number of hydrogen-bond donors (Lipinski definition) is 2. The second-order valence-electron chi connectivity index (χ2n) is 5.19. The lowest BCUT2D eigenvalue weighted by Crippen LogP contribution is -2.49. The predicted molar refractivity (Wildman–Crippen MR) is 75.0 cm³/mol. The number of carbonyl (C=O) groups excluding carboxylic acids is 1. The van der Waals surface area contributed by atoms with Gasteiger partial charge in [0.15, 0.2) is 0 Å². The molecule has 1 rings (SSSR count). The fourth-order valence-electron chi connectivity index (χ4n) is 2.70. The largest absolute Gasteiger partial charge is 0.466 e. The zero-order chi connectivity index (χ0) is 14.1. The highest BCUT2D eigenvalue weighted by Crippen LogP contribution is 2.20. The van der Waals surface area contributed by atoms with Crippen molar-refractivity contribution >= 4 is 5.97 Å². The number of hydrogen-bond acceptors (Lipinski definition) is 5. The third kappa shape index (κ3) is 6.36. The number of likely N-dealkylation sites (tertiary alicyclic amines) is 1. The highest BCUT2D eigenvalue weighted by atomic mass is 16.5. The van der Waals surface area contributed by atoms with Crippen molar-refractivity contribution in [2.45, 2.75) is 39.2 Å². The van der Waals surface area contributed by atoms with Gasteiger partial charge in [-0.3, -0.25) is 4.79 Å².